The highest BCUT2D eigenvalue weighted by atomic mass is 79.9. The van der Waals surface area contributed by atoms with E-state index in [9.17, 15) is 9.59 Å². The van der Waals surface area contributed by atoms with Gasteiger partial charge in [0, 0.05) is 17.4 Å². The summed E-state index contributed by atoms with van der Waals surface area (Å²) in [5.41, 5.74) is 6.84. The highest BCUT2D eigenvalue weighted by Crippen LogP contribution is 2.31. The molecule has 1 amide bonds. The van der Waals surface area contributed by atoms with Crippen LogP contribution in [0.4, 0.5) is 11.4 Å². The zero-order valence-corrected chi connectivity index (χ0v) is 10.5. The first-order chi connectivity index (χ1) is 7.99. The summed E-state index contributed by atoms with van der Waals surface area (Å²) in [5.74, 6) is -1.80. The first-order valence-electron chi connectivity index (χ1n) is 5.07. The van der Waals surface area contributed by atoms with Crippen LogP contribution in [0.2, 0.25) is 0 Å². The Morgan fingerprint density at radius 3 is 2.76 bits per heavy atom. The molecule has 3 N–H and O–H groups in total. The zero-order chi connectivity index (χ0) is 12.6. The number of aliphatic carboxylic acids is 1. The molecule has 0 aliphatic carbocycles. The van der Waals surface area contributed by atoms with Gasteiger partial charge >= 0.3 is 5.97 Å². The van der Waals surface area contributed by atoms with Crippen molar-refractivity contribution in [1.82, 2.24) is 0 Å². The molecule has 0 bridgehead atoms. The minimum Gasteiger partial charge on any atom is -0.481 e. The Hall–Kier alpha value is -1.56. The van der Waals surface area contributed by atoms with Crippen LogP contribution in [0.1, 0.15) is 6.42 Å². The molecule has 1 aromatic rings. The van der Waals surface area contributed by atoms with Crippen molar-refractivity contribution in [3.8, 4) is 0 Å². The standard InChI is InChI=1S/C11H11BrN2O3/c12-7-1-2-9(8(13)4-7)14-5-6(11(16)17)3-10(14)15/h1-2,4,6H,3,5,13H2,(H,16,17). The molecular formula is C11H11BrN2O3. The fourth-order valence-electron chi connectivity index (χ4n) is 1.88. The second kappa shape index (κ2) is 4.37. The van der Waals surface area contributed by atoms with Gasteiger partial charge < -0.3 is 15.7 Å². The van der Waals surface area contributed by atoms with E-state index in [0.29, 0.717) is 11.4 Å². The largest absolute Gasteiger partial charge is 0.481 e. The van der Waals surface area contributed by atoms with Gasteiger partial charge in [-0.25, -0.2) is 0 Å². The Kier molecular flexibility index (Phi) is 3.06. The van der Waals surface area contributed by atoms with Crippen molar-refractivity contribution in [2.45, 2.75) is 6.42 Å². The Bertz CT molecular complexity index is 490. The predicted molar refractivity (Wildman–Crippen MR) is 66.7 cm³/mol. The molecule has 5 nitrogen and oxygen atoms in total. The quantitative estimate of drug-likeness (QED) is 0.810. The number of nitrogens with two attached hydrogens (primary N) is 1. The average molecular weight is 299 g/mol. The molecule has 1 atom stereocenters. The van der Waals surface area contributed by atoms with E-state index in [0.717, 1.165) is 4.47 Å². The van der Waals surface area contributed by atoms with Gasteiger partial charge in [0.15, 0.2) is 0 Å². The van der Waals surface area contributed by atoms with E-state index in [-0.39, 0.29) is 18.9 Å². The second-order valence-corrected chi connectivity index (χ2v) is 4.86. The van der Waals surface area contributed by atoms with Crippen LogP contribution in [-0.2, 0) is 9.59 Å². The van der Waals surface area contributed by atoms with Crippen molar-refractivity contribution in [2.24, 2.45) is 5.92 Å². The zero-order valence-electron chi connectivity index (χ0n) is 8.89. The number of hydrogen-bond donors (Lipinski definition) is 2. The van der Waals surface area contributed by atoms with Gasteiger partial charge in [-0.2, -0.15) is 0 Å². The summed E-state index contributed by atoms with van der Waals surface area (Å²) in [6.07, 6.45) is 0.0326. The maximum Gasteiger partial charge on any atom is 0.308 e. The molecule has 1 aliphatic rings. The van der Waals surface area contributed by atoms with Gasteiger partial charge in [0.2, 0.25) is 5.91 Å². The SMILES string of the molecule is Nc1cc(Br)ccc1N1CC(C(=O)O)CC1=O. The summed E-state index contributed by atoms with van der Waals surface area (Å²) in [6, 6.07) is 5.17. The third-order valence-corrected chi connectivity index (χ3v) is 3.25. The lowest BCUT2D eigenvalue weighted by Crippen LogP contribution is -2.26. The fourth-order valence-corrected chi connectivity index (χ4v) is 2.26. The molecule has 1 fully saturated rings. The second-order valence-electron chi connectivity index (χ2n) is 3.95. The summed E-state index contributed by atoms with van der Waals surface area (Å²) in [6.45, 7) is 0.181. The third kappa shape index (κ3) is 2.26. The van der Waals surface area contributed by atoms with Gasteiger partial charge in [-0.05, 0) is 18.2 Å². The summed E-state index contributed by atoms with van der Waals surface area (Å²) in [4.78, 5) is 24.0. The van der Waals surface area contributed by atoms with Crippen LogP contribution in [0.15, 0.2) is 22.7 Å². The molecule has 1 unspecified atom stereocenters. The number of rotatable bonds is 2. The highest BCUT2D eigenvalue weighted by molar-refractivity contribution is 9.10. The molecule has 1 heterocycles. The van der Waals surface area contributed by atoms with Crippen LogP contribution in [0.3, 0.4) is 0 Å². The topological polar surface area (TPSA) is 83.6 Å². The number of nitrogen functional groups attached to an aromatic ring is 1. The van der Waals surface area contributed by atoms with E-state index in [2.05, 4.69) is 15.9 Å². The first kappa shape index (κ1) is 11.9. The van der Waals surface area contributed by atoms with Gasteiger partial charge in [-0.1, -0.05) is 15.9 Å². The fraction of sp³-hybridized carbons (Fsp3) is 0.273. The number of carbonyl (C=O) groups excluding carboxylic acids is 1. The van der Waals surface area contributed by atoms with Crippen LogP contribution in [-0.4, -0.2) is 23.5 Å². The molecule has 2 rings (SSSR count). The van der Waals surface area contributed by atoms with E-state index >= 15 is 0 Å². The molecule has 90 valence electrons. The lowest BCUT2D eigenvalue weighted by molar-refractivity contribution is -0.141. The van der Waals surface area contributed by atoms with E-state index in [1.807, 2.05) is 0 Å². The number of hydrogen-bond acceptors (Lipinski definition) is 3. The van der Waals surface area contributed by atoms with Crippen molar-refractivity contribution in [3.05, 3.63) is 22.7 Å². The average Bonchev–Trinajstić information content (AvgIpc) is 2.61. The lowest BCUT2D eigenvalue weighted by atomic mass is 10.1. The van der Waals surface area contributed by atoms with Gasteiger partial charge in [0.1, 0.15) is 0 Å². The maximum absolute atomic E-state index is 11.7. The van der Waals surface area contributed by atoms with Crippen LogP contribution < -0.4 is 10.6 Å². The van der Waals surface area contributed by atoms with Crippen molar-refractivity contribution >= 4 is 39.2 Å². The summed E-state index contributed by atoms with van der Waals surface area (Å²) < 4.78 is 0.820. The van der Waals surface area contributed by atoms with E-state index < -0.39 is 11.9 Å². The number of halogens is 1. The molecule has 1 aliphatic heterocycles. The van der Waals surface area contributed by atoms with Gasteiger partial charge in [-0.15, -0.1) is 0 Å². The normalized spacial score (nSPS) is 19.7. The highest BCUT2D eigenvalue weighted by Gasteiger charge is 2.35. The number of anilines is 2. The van der Waals surface area contributed by atoms with Crippen LogP contribution in [0.5, 0.6) is 0 Å². The van der Waals surface area contributed by atoms with Crippen LogP contribution in [0.25, 0.3) is 0 Å². The summed E-state index contributed by atoms with van der Waals surface area (Å²) in [5, 5.41) is 8.89. The Morgan fingerprint density at radius 2 is 2.24 bits per heavy atom. The monoisotopic (exact) mass is 298 g/mol. The van der Waals surface area contributed by atoms with E-state index in [1.54, 1.807) is 18.2 Å². The molecule has 6 heteroatoms. The number of carboxylic acid groups (broad SMARTS) is 1. The molecule has 0 saturated carbocycles. The van der Waals surface area contributed by atoms with Gasteiger partial charge in [-0.3, -0.25) is 9.59 Å². The van der Waals surface area contributed by atoms with Crippen molar-refractivity contribution in [2.75, 3.05) is 17.2 Å². The Balaban J connectivity index is 2.29. The lowest BCUT2D eigenvalue weighted by Gasteiger charge is -2.18. The van der Waals surface area contributed by atoms with E-state index in [1.165, 1.54) is 4.90 Å². The van der Waals surface area contributed by atoms with Crippen molar-refractivity contribution in [1.29, 1.82) is 0 Å². The summed E-state index contributed by atoms with van der Waals surface area (Å²) >= 11 is 3.28. The van der Waals surface area contributed by atoms with Crippen molar-refractivity contribution < 1.29 is 14.7 Å². The molecule has 17 heavy (non-hydrogen) atoms. The minimum absolute atomic E-state index is 0.0326. The number of carbonyl (C=O) groups is 2. The molecule has 1 aromatic carbocycles. The molecule has 0 radical (unpaired) electrons. The van der Waals surface area contributed by atoms with Crippen molar-refractivity contribution in [3.63, 3.8) is 0 Å². The predicted octanol–water partition coefficient (Wildman–Crippen LogP) is 1.47. The molecular weight excluding hydrogens is 288 g/mol. The Labute approximate surface area is 106 Å². The van der Waals surface area contributed by atoms with Gasteiger partial charge in [0.05, 0.1) is 17.3 Å². The Morgan fingerprint density at radius 1 is 1.53 bits per heavy atom. The maximum atomic E-state index is 11.7. The number of amides is 1. The van der Waals surface area contributed by atoms with Gasteiger partial charge in [0.25, 0.3) is 0 Å². The smallest absolute Gasteiger partial charge is 0.308 e. The van der Waals surface area contributed by atoms with E-state index in [4.69, 9.17) is 10.8 Å². The minimum atomic E-state index is -0.948. The van der Waals surface area contributed by atoms with Crippen LogP contribution >= 0.6 is 15.9 Å². The third-order valence-electron chi connectivity index (χ3n) is 2.75. The first-order valence-corrected chi connectivity index (χ1v) is 5.86. The summed E-state index contributed by atoms with van der Waals surface area (Å²) in [7, 11) is 0. The number of carboxylic acids is 1. The molecule has 1 saturated heterocycles. The van der Waals surface area contributed by atoms with Crippen LogP contribution in [0, 0.1) is 5.92 Å². The number of benzene rings is 1. The molecule has 0 spiro atoms. The number of nitrogens with zero attached hydrogens (tertiary/aromatic N) is 1. The molecule has 0 aromatic heterocycles.